The Balaban J connectivity index is 0.000000217. The summed E-state index contributed by atoms with van der Waals surface area (Å²) in [6.45, 7) is 5.82. The van der Waals surface area contributed by atoms with Crippen molar-refractivity contribution in [1.29, 1.82) is 0 Å². The lowest BCUT2D eigenvalue weighted by Gasteiger charge is -2.01. The SMILES string of the molecule is CCCCC.OCC1CCCN1. The summed E-state index contributed by atoms with van der Waals surface area (Å²) in [5.41, 5.74) is 0. The van der Waals surface area contributed by atoms with Crippen LogP contribution in [0.3, 0.4) is 0 Å². The summed E-state index contributed by atoms with van der Waals surface area (Å²) in [7, 11) is 0. The van der Waals surface area contributed by atoms with E-state index in [0.717, 1.165) is 13.0 Å². The molecular formula is C10H23NO. The van der Waals surface area contributed by atoms with Crippen LogP contribution in [0.1, 0.15) is 46.0 Å². The second-order valence-corrected chi connectivity index (χ2v) is 3.33. The fourth-order valence-corrected chi connectivity index (χ4v) is 1.27. The van der Waals surface area contributed by atoms with Crippen LogP contribution in [0.15, 0.2) is 0 Å². The van der Waals surface area contributed by atoms with Gasteiger partial charge in [-0.05, 0) is 19.4 Å². The van der Waals surface area contributed by atoms with Crippen LogP contribution >= 0.6 is 0 Å². The van der Waals surface area contributed by atoms with Crippen molar-refractivity contribution in [2.45, 2.75) is 52.0 Å². The van der Waals surface area contributed by atoms with Gasteiger partial charge in [0, 0.05) is 6.04 Å². The van der Waals surface area contributed by atoms with Gasteiger partial charge in [0.1, 0.15) is 0 Å². The van der Waals surface area contributed by atoms with Gasteiger partial charge in [0.15, 0.2) is 0 Å². The molecule has 0 aromatic carbocycles. The van der Waals surface area contributed by atoms with Crippen molar-refractivity contribution in [2.75, 3.05) is 13.2 Å². The molecule has 2 N–H and O–H groups in total. The van der Waals surface area contributed by atoms with Crippen molar-refractivity contribution in [3.05, 3.63) is 0 Å². The topological polar surface area (TPSA) is 32.3 Å². The van der Waals surface area contributed by atoms with E-state index in [-0.39, 0.29) is 0 Å². The molecule has 2 heteroatoms. The minimum Gasteiger partial charge on any atom is -0.395 e. The van der Waals surface area contributed by atoms with E-state index in [4.69, 9.17) is 5.11 Å². The monoisotopic (exact) mass is 173 g/mol. The standard InChI is InChI=1S/C5H11NO.C5H12/c7-4-5-2-1-3-6-5;1-3-5-4-2/h5-7H,1-4H2;3-5H2,1-2H3. The number of rotatable bonds is 3. The van der Waals surface area contributed by atoms with Crippen molar-refractivity contribution in [2.24, 2.45) is 0 Å². The Kier molecular flexibility index (Phi) is 8.95. The van der Waals surface area contributed by atoms with E-state index >= 15 is 0 Å². The first-order valence-electron chi connectivity index (χ1n) is 5.19. The molecule has 1 aliphatic rings. The average Bonchev–Trinajstić information content (AvgIpc) is 2.58. The Morgan fingerprint density at radius 2 is 2.00 bits per heavy atom. The lowest BCUT2D eigenvalue weighted by Crippen LogP contribution is -2.24. The molecule has 1 fully saturated rings. The van der Waals surface area contributed by atoms with Gasteiger partial charge in [-0.3, -0.25) is 0 Å². The molecule has 0 saturated carbocycles. The van der Waals surface area contributed by atoms with Gasteiger partial charge in [-0.1, -0.05) is 33.1 Å². The average molecular weight is 173 g/mol. The summed E-state index contributed by atoms with van der Waals surface area (Å²) in [6, 6.07) is 0.403. The molecule has 1 heterocycles. The summed E-state index contributed by atoms with van der Waals surface area (Å²) < 4.78 is 0. The zero-order chi connectivity index (χ0) is 9.23. The third kappa shape index (κ3) is 6.62. The van der Waals surface area contributed by atoms with Gasteiger partial charge in [0.05, 0.1) is 6.61 Å². The molecule has 1 rings (SSSR count). The zero-order valence-electron chi connectivity index (χ0n) is 8.47. The number of nitrogens with one attached hydrogen (secondary N) is 1. The second kappa shape index (κ2) is 9.01. The zero-order valence-corrected chi connectivity index (χ0v) is 8.47. The number of hydrogen-bond acceptors (Lipinski definition) is 2. The van der Waals surface area contributed by atoms with E-state index in [1.807, 2.05) is 0 Å². The molecule has 0 aromatic rings. The smallest absolute Gasteiger partial charge is 0.0584 e. The Morgan fingerprint density at radius 3 is 2.17 bits per heavy atom. The van der Waals surface area contributed by atoms with Gasteiger partial charge in [0.2, 0.25) is 0 Å². The number of aliphatic hydroxyl groups is 1. The van der Waals surface area contributed by atoms with E-state index in [2.05, 4.69) is 19.2 Å². The van der Waals surface area contributed by atoms with E-state index in [1.165, 1.54) is 25.7 Å². The van der Waals surface area contributed by atoms with Crippen molar-refractivity contribution >= 4 is 0 Å². The van der Waals surface area contributed by atoms with Gasteiger partial charge in [0.25, 0.3) is 0 Å². The predicted octanol–water partition coefficient (Wildman–Crippen LogP) is 1.93. The summed E-state index contributed by atoms with van der Waals surface area (Å²) in [6.07, 6.45) is 6.45. The van der Waals surface area contributed by atoms with Crippen LogP contribution in [0.4, 0.5) is 0 Å². The Hall–Kier alpha value is -0.0800. The van der Waals surface area contributed by atoms with Crippen molar-refractivity contribution in [1.82, 2.24) is 5.32 Å². The highest BCUT2D eigenvalue weighted by Gasteiger charge is 2.10. The van der Waals surface area contributed by atoms with E-state index in [1.54, 1.807) is 0 Å². The largest absolute Gasteiger partial charge is 0.395 e. The Morgan fingerprint density at radius 1 is 1.33 bits per heavy atom. The van der Waals surface area contributed by atoms with E-state index < -0.39 is 0 Å². The maximum atomic E-state index is 8.50. The van der Waals surface area contributed by atoms with Crippen LogP contribution in [-0.2, 0) is 0 Å². The molecule has 1 atom stereocenters. The minimum atomic E-state index is 0.306. The van der Waals surface area contributed by atoms with Crippen LogP contribution in [0.2, 0.25) is 0 Å². The lowest BCUT2D eigenvalue weighted by atomic mass is 10.2. The molecule has 74 valence electrons. The molecule has 1 aliphatic heterocycles. The fraction of sp³-hybridized carbons (Fsp3) is 1.00. The molecule has 1 unspecified atom stereocenters. The minimum absolute atomic E-state index is 0.306. The molecule has 0 aliphatic carbocycles. The van der Waals surface area contributed by atoms with Crippen LogP contribution in [-0.4, -0.2) is 24.3 Å². The summed E-state index contributed by atoms with van der Waals surface area (Å²) >= 11 is 0. The van der Waals surface area contributed by atoms with Gasteiger partial charge in [-0.15, -0.1) is 0 Å². The van der Waals surface area contributed by atoms with Gasteiger partial charge in [-0.25, -0.2) is 0 Å². The molecule has 12 heavy (non-hydrogen) atoms. The molecular weight excluding hydrogens is 150 g/mol. The number of hydrogen-bond donors (Lipinski definition) is 2. The quantitative estimate of drug-likeness (QED) is 0.683. The first-order valence-corrected chi connectivity index (χ1v) is 5.19. The van der Waals surface area contributed by atoms with Crippen molar-refractivity contribution in [3.8, 4) is 0 Å². The molecule has 2 nitrogen and oxygen atoms in total. The normalized spacial score (nSPS) is 21.8. The summed E-state index contributed by atoms with van der Waals surface area (Å²) in [4.78, 5) is 0. The van der Waals surface area contributed by atoms with Crippen LogP contribution in [0, 0.1) is 0 Å². The summed E-state index contributed by atoms with van der Waals surface area (Å²) in [5, 5.41) is 11.7. The highest BCUT2D eigenvalue weighted by Crippen LogP contribution is 2.02. The molecule has 1 saturated heterocycles. The van der Waals surface area contributed by atoms with Gasteiger partial charge < -0.3 is 10.4 Å². The van der Waals surface area contributed by atoms with Crippen LogP contribution in [0.5, 0.6) is 0 Å². The fourth-order valence-electron chi connectivity index (χ4n) is 1.27. The maximum absolute atomic E-state index is 8.50. The molecule has 0 spiro atoms. The first-order chi connectivity index (χ1) is 5.85. The Bertz CT molecular complexity index is 77.9. The van der Waals surface area contributed by atoms with E-state index in [9.17, 15) is 0 Å². The highest BCUT2D eigenvalue weighted by atomic mass is 16.3. The second-order valence-electron chi connectivity index (χ2n) is 3.33. The van der Waals surface area contributed by atoms with Crippen molar-refractivity contribution < 1.29 is 5.11 Å². The molecule has 0 aromatic heterocycles. The first kappa shape index (κ1) is 11.9. The van der Waals surface area contributed by atoms with Crippen LogP contribution in [0.25, 0.3) is 0 Å². The Labute approximate surface area is 76.4 Å². The third-order valence-corrected chi connectivity index (χ3v) is 2.09. The molecule has 0 radical (unpaired) electrons. The lowest BCUT2D eigenvalue weighted by molar-refractivity contribution is 0.255. The third-order valence-electron chi connectivity index (χ3n) is 2.09. The molecule has 0 bridgehead atoms. The number of aliphatic hydroxyl groups excluding tert-OH is 1. The maximum Gasteiger partial charge on any atom is 0.0584 e. The van der Waals surface area contributed by atoms with Gasteiger partial charge >= 0.3 is 0 Å². The molecule has 0 amide bonds. The van der Waals surface area contributed by atoms with Crippen molar-refractivity contribution in [3.63, 3.8) is 0 Å². The van der Waals surface area contributed by atoms with Crippen LogP contribution < -0.4 is 5.32 Å². The summed E-state index contributed by atoms with van der Waals surface area (Å²) in [5.74, 6) is 0. The van der Waals surface area contributed by atoms with Gasteiger partial charge in [-0.2, -0.15) is 0 Å². The predicted molar refractivity (Wildman–Crippen MR) is 53.3 cm³/mol. The van der Waals surface area contributed by atoms with E-state index in [0.29, 0.717) is 12.6 Å². The highest BCUT2D eigenvalue weighted by molar-refractivity contribution is 4.71. The number of unbranched alkanes of at least 4 members (excludes halogenated alkanes) is 2.